The second-order valence-corrected chi connectivity index (χ2v) is 10.0. The number of aliphatic carboxylic acids is 1. The van der Waals surface area contributed by atoms with E-state index in [1.807, 2.05) is 48.5 Å². The van der Waals surface area contributed by atoms with Gasteiger partial charge in [-0.2, -0.15) is 4.72 Å². The molecule has 7 nitrogen and oxygen atoms in total. The van der Waals surface area contributed by atoms with E-state index < -0.39 is 28.0 Å². The monoisotopic (exact) mass is 463 g/mol. The van der Waals surface area contributed by atoms with Crippen molar-refractivity contribution >= 4 is 48.9 Å². The normalized spacial score (nSPS) is 13.3. The molecule has 0 amide bonds. The Morgan fingerprint density at radius 3 is 2.39 bits per heavy atom. The molecule has 1 atom stereocenters. The third-order valence-corrected chi connectivity index (χ3v) is 7.12. The van der Waals surface area contributed by atoms with Crippen LogP contribution < -0.4 is 4.72 Å². The number of carboxylic acid groups (broad SMARTS) is 1. The van der Waals surface area contributed by atoms with Crippen LogP contribution in [0.25, 0.3) is 44.2 Å². The van der Waals surface area contributed by atoms with Gasteiger partial charge in [0.15, 0.2) is 0 Å². The fourth-order valence-electron chi connectivity index (χ4n) is 3.91. The molecule has 0 unspecified atom stereocenters. The number of benzene rings is 3. The highest BCUT2D eigenvalue weighted by atomic mass is 32.2. The summed E-state index contributed by atoms with van der Waals surface area (Å²) in [4.78, 5) is 11.4. The summed E-state index contributed by atoms with van der Waals surface area (Å²) >= 11 is 0. The second kappa shape index (κ2) is 7.75. The third-order valence-electron chi connectivity index (χ3n) is 5.68. The lowest BCUT2D eigenvalue weighted by Crippen LogP contribution is -2.44. The Hall–Kier alpha value is -3.62. The van der Waals surface area contributed by atoms with Gasteiger partial charge in [0.1, 0.15) is 28.6 Å². The van der Waals surface area contributed by atoms with E-state index in [0.29, 0.717) is 22.3 Å². The minimum atomic E-state index is -4.04. The number of hydrogen-bond donors (Lipinski definition) is 2. The Balaban J connectivity index is 1.55. The molecule has 2 aromatic heterocycles. The predicted octanol–water partition coefficient (Wildman–Crippen LogP) is 5.39. The van der Waals surface area contributed by atoms with Gasteiger partial charge in [-0.15, -0.1) is 0 Å². The average Bonchev–Trinajstić information content (AvgIpc) is 3.37. The molecular weight excluding hydrogens is 442 g/mol. The zero-order valence-electron chi connectivity index (χ0n) is 17.9. The molecule has 5 rings (SSSR count). The average molecular weight is 464 g/mol. The van der Waals surface area contributed by atoms with Gasteiger partial charge in [-0.3, -0.25) is 4.79 Å². The maximum Gasteiger partial charge on any atom is 0.322 e. The number of sulfonamides is 1. The summed E-state index contributed by atoms with van der Waals surface area (Å²) in [5.74, 6) is -0.923. The van der Waals surface area contributed by atoms with Gasteiger partial charge in [0.2, 0.25) is 10.0 Å². The molecule has 168 valence electrons. The standard InChI is InChI=1S/C25H21NO6S/c1-14(2)24(25(27)28)26-33(29,30)17-8-10-21-19(13-17)18-9-7-16(12-23(18)32-21)22-11-15-5-3-4-6-20(15)31-22/h3-14,24,26H,1-2H3,(H,27,28)/t24-/m1/s1. The van der Waals surface area contributed by atoms with Crippen LogP contribution >= 0.6 is 0 Å². The van der Waals surface area contributed by atoms with E-state index in [4.69, 9.17) is 8.83 Å². The molecule has 0 radical (unpaired) electrons. The van der Waals surface area contributed by atoms with Crippen LogP contribution in [0.1, 0.15) is 13.8 Å². The first-order valence-electron chi connectivity index (χ1n) is 10.4. The maximum atomic E-state index is 12.9. The molecule has 0 aliphatic rings. The number of fused-ring (bicyclic) bond motifs is 4. The fraction of sp³-hybridized carbons (Fsp3) is 0.160. The van der Waals surface area contributed by atoms with Gasteiger partial charge in [0.25, 0.3) is 0 Å². The number of rotatable bonds is 6. The molecule has 3 aromatic carbocycles. The smallest absolute Gasteiger partial charge is 0.322 e. The summed E-state index contributed by atoms with van der Waals surface area (Å²) < 4.78 is 39.9. The third kappa shape index (κ3) is 3.77. The molecule has 0 bridgehead atoms. The summed E-state index contributed by atoms with van der Waals surface area (Å²) in [6.45, 7) is 3.29. The number of para-hydroxylation sites is 1. The maximum absolute atomic E-state index is 12.9. The van der Waals surface area contributed by atoms with E-state index in [1.165, 1.54) is 12.1 Å². The molecule has 0 aliphatic heterocycles. The molecule has 0 saturated carbocycles. The van der Waals surface area contributed by atoms with Crippen LogP contribution in [-0.4, -0.2) is 25.5 Å². The van der Waals surface area contributed by atoms with Gasteiger partial charge < -0.3 is 13.9 Å². The number of carboxylic acids is 1. The van der Waals surface area contributed by atoms with Crippen LogP contribution in [0.2, 0.25) is 0 Å². The lowest BCUT2D eigenvalue weighted by atomic mass is 10.1. The van der Waals surface area contributed by atoms with Crippen molar-refractivity contribution < 1.29 is 27.2 Å². The summed E-state index contributed by atoms with van der Waals surface area (Å²) in [7, 11) is -4.04. The van der Waals surface area contributed by atoms with Crippen LogP contribution in [0.5, 0.6) is 0 Å². The van der Waals surface area contributed by atoms with E-state index in [9.17, 15) is 18.3 Å². The van der Waals surface area contributed by atoms with Crippen LogP contribution in [0.4, 0.5) is 0 Å². The number of nitrogens with one attached hydrogen (secondary N) is 1. The molecule has 0 fully saturated rings. The second-order valence-electron chi connectivity index (χ2n) is 8.30. The topological polar surface area (TPSA) is 110 Å². The summed E-state index contributed by atoms with van der Waals surface area (Å²) in [5, 5.41) is 11.7. The SMILES string of the molecule is CC(C)[C@@H](NS(=O)(=O)c1ccc2oc3cc(-c4cc5ccccc5o4)ccc3c2c1)C(=O)O. The largest absolute Gasteiger partial charge is 0.480 e. The number of furan rings is 2. The van der Waals surface area contributed by atoms with E-state index >= 15 is 0 Å². The molecular formula is C25H21NO6S. The molecule has 0 spiro atoms. The Morgan fingerprint density at radius 2 is 1.67 bits per heavy atom. The molecule has 33 heavy (non-hydrogen) atoms. The van der Waals surface area contributed by atoms with Crippen molar-refractivity contribution in [3.8, 4) is 11.3 Å². The van der Waals surface area contributed by atoms with Crippen LogP contribution in [0.15, 0.2) is 80.5 Å². The summed E-state index contributed by atoms with van der Waals surface area (Å²) in [6, 6.07) is 18.6. The first-order valence-corrected chi connectivity index (χ1v) is 11.9. The van der Waals surface area contributed by atoms with E-state index in [1.54, 1.807) is 19.9 Å². The minimum Gasteiger partial charge on any atom is -0.480 e. The summed E-state index contributed by atoms with van der Waals surface area (Å²) in [5.41, 5.74) is 2.76. The highest BCUT2D eigenvalue weighted by Crippen LogP contribution is 2.35. The first kappa shape index (κ1) is 21.2. The minimum absolute atomic E-state index is 0.0223. The zero-order valence-corrected chi connectivity index (χ0v) is 18.7. The Labute approximate surface area is 189 Å². The van der Waals surface area contributed by atoms with E-state index in [0.717, 1.165) is 21.9 Å². The van der Waals surface area contributed by atoms with Gasteiger partial charge >= 0.3 is 5.97 Å². The molecule has 0 saturated heterocycles. The Morgan fingerprint density at radius 1 is 0.879 bits per heavy atom. The van der Waals surface area contributed by atoms with Crippen molar-refractivity contribution in [2.24, 2.45) is 5.92 Å². The van der Waals surface area contributed by atoms with Gasteiger partial charge in [-0.05, 0) is 48.4 Å². The number of carbonyl (C=O) groups is 1. The quantitative estimate of drug-likeness (QED) is 0.350. The molecule has 2 N–H and O–H groups in total. The molecule has 2 heterocycles. The molecule has 5 aromatic rings. The van der Waals surface area contributed by atoms with Crippen LogP contribution in [0, 0.1) is 5.92 Å². The zero-order chi connectivity index (χ0) is 23.3. The Kier molecular flexibility index (Phi) is 4.99. The molecule has 0 aliphatic carbocycles. The molecule has 8 heteroatoms. The lowest BCUT2D eigenvalue weighted by Gasteiger charge is -2.17. The highest BCUT2D eigenvalue weighted by Gasteiger charge is 2.28. The van der Waals surface area contributed by atoms with Crippen molar-refractivity contribution in [1.82, 2.24) is 4.72 Å². The lowest BCUT2D eigenvalue weighted by molar-refractivity contribution is -0.140. The first-order chi connectivity index (χ1) is 15.7. The van der Waals surface area contributed by atoms with Crippen LogP contribution in [0.3, 0.4) is 0 Å². The van der Waals surface area contributed by atoms with Gasteiger partial charge in [0.05, 0.1) is 4.90 Å². The summed E-state index contributed by atoms with van der Waals surface area (Å²) in [6.07, 6.45) is 0. The van der Waals surface area contributed by atoms with Crippen molar-refractivity contribution in [2.75, 3.05) is 0 Å². The highest BCUT2D eigenvalue weighted by molar-refractivity contribution is 7.89. The van der Waals surface area contributed by atoms with Gasteiger partial charge in [0, 0.05) is 21.7 Å². The van der Waals surface area contributed by atoms with E-state index in [-0.39, 0.29) is 4.90 Å². The van der Waals surface area contributed by atoms with E-state index in [2.05, 4.69) is 4.72 Å². The van der Waals surface area contributed by atoms with Crippen molar-refractivity contribution in [1.29, 1.82) is 0 Å². The van der Waals surface area contributed by atoms with Crippen molar-refractivity contribution in [3.63, 3.8) is 0 Å². The fourth-order valence-corrected chi connectivity index (χ4v) is 5.27. The van der Waals surface area contributed by atoms with Crippen molar-refractivity contribution in [2.45, 2.75) is 24.8 Å². The van der Waals surface area contributed by atoms with Crippen molar-refractivity contribution in [3.05, 3.63) is 66.7 Å². The van der Waals surface area contributed by atoms with Gasteiger partial charge in [-0.1, -0.05) is 38.1 Å². The predicted molar refractivity (Wildman–Crippen MR) is 126 cm³/mol. The number of hydrogen-bond acceptors (Lipinski definition) is 5. The van der Waals surface area contributed by atoms with Crippen LogP contribution in [-0.2, 0) is 14.8 Å². The Bertz CT molecular complexity index is 1590. The van der Waals surface area contributed by atoms with Gasteiger partial charge in [-0.25, -0.2) is 8.42 Å².